The van der Waals surface area contributed by atoms with Gasteiger partial charge in [-0.05, 0) is 42.4 Å². The van der Waals surface area contributed by atoms with Crippen molar-refractivity contribution in [2.45, 2.75) is 19.3 Å². The van der Waals surface area contributed by atoms with E-state index in [1.807, 2.05) is 30.3 Å². The average Bonchev–Trinajstić information content (AvgIpc) is 3.21. The van der Waals surface area contributed by atoms with Gasteiger partial charge in [0, 0.05) is 18.7 Å². The third kappa shape index (κ3) is 6.17. The standard InChI is InChI=1S/C24H31NO7S/c1-29-20-14-19(15-21(30-2)22(20)31-3)23(26)25-12-10-24(17-25,11-13-32-33(4,27)28)16-18-8-6-5-7-9-18/h5-9,14-15H,10-13,16-17H2,1-4H3. The second-order valence-electron chi connectivity index (χ2n) is 8.33. The van der Waals surface area contributed by atoms with Crippen molar-refractivity contribution in [3.05, 3.63) is 53.6 Å². The number of amides is 1. The number of rotatable bonds is 10. The van der Waals surface area contributed by atoms with Crippen molar-refractivity contribution in [2.24, 2.45) is 5.41 Å². The number of likely N-dealkylation sites (tertiary alicyclic amines) is 1. The van der Waals surface area contributed by atoms with Gasteiger partial charge >= 0.3 is 0 Å². The Balaban J connectivity index is 1.84. The number of nitrogens with zero attached hydrogens (tertiary/aromatic N) is 1. The number of carbonyl (C=O) groups excluding carboxylic acids is 1. The van der Waals surface area contributed by atoms with E-state index in [-0.39, 0.29) is 17.9 Å². The fourth-order valence-electron chi connectivity index (χ4n) is 4.37. The molecular weight excluding hydrogens is 446 g/mol. The molecule has 1 heterocycles. The molecule has 1 saturated heterocycles. The molecule has 1 amide bonds. The van der Waals surface area contributed by atoms with E-state index in [1.54, 1.807) is 17.0 Å². The van der Waals surface area contributed by atoms with Crippen LogP contribution in [0, 0.1) is 5.41 Å². The van der Waals surface area contributed by atoms with E-state index < -0.39 is 10.1 Å². The van der Waals surface area contributed by atoms with Gasteiger partial charge in [0.25, 0.3) is 16.0 Å². The summed E-state index contributed by atoms with van der Waals surface area (Å²) in [6.07, 6.45) is 3.03. The number of carbonyl (C=O) groups is 1. The van der Waals surface area contributed by atoms with Crippen molar-refractivity contribution in [3.8, 4) is 17.2 Å². The Bertz CT molecular complexity index is 1050. The zero-order chi connectivity index (χ0) is 24.1. The van der Waals surface area contributed by atoms with Crippen molar-refractivity contribution in [2.75, 3.05) is 47.3 Å². The van der Waals surface area contributed by atoms with E-state index in [2.05, 4.69) is 0 Å². The van der Waals surface area contributed by atoms with Crippen molar-refractivity contribution in [1.29, 1.82) is 0 Å². The molecule has 2 aromatic carbocycles. The van der Waals surface area contributed by atoms with Crippen LogP contribution >= 0.6 is 0 Å². The molecule has 3 rings (SSSR count). The van der Waals surface area contributed by atoms with Crippen LogP contribution in [0.2, 0.25) is 0 Å². The van der Waals surface area contributed by atoms with Crippen LogP contribution in [0.3, 0.4) is 0 Å². The molecule has 0 N–H and O–H groups in total. The molecule has 1 unspecified atom stereocenters. The predicted molar refractivity (Wildman–Crippen MR) is 125 cm³/mol. The molecule has 1 fully saturated rings. The molecule has 9 heteroatoms. The molecule has 1 aliphatic heterocycles. The minimum absolute atomic E-state index is 0.0812. The number of ether oxygens (including phenoxy) is 3. The quantitative estimate of drug-likeness (QED) is 0.486. The smallest absolute Gasteiger partial charge is 0.264 e. The Morgan fingerprint density at radius 1 is 1.03 bits per heavy atom. The lowest BCUT2D eigenvalue weighted by molar-refractivity contribution is 0.0763. The minimum atomic E-state index is -3.53. The second kappa shape index (κ2) is 10.4. The normalized spacial score (nSPS) is 18.2. The Hall–Kier alpha value is -2.78. The molecule has 0 aliphatic carbocycles. The second-order valence-corrected chi connectivity index (χ2v) is 9.97. The fraction of sp³-hybridized carbons (Fsp3) is 0.458. The first-order chi connectivity index (χ1) is 15.7. The monoisotopic (exact) mass is 477 g/mol. The zero-order valence-corrected chi connectivity index (χ0v) is 20.3. The lowest BCUT2D eigenvalue weighted by atomic mass is 9.78. The van der Waals surface area contributed by atoms with E-state index in [0.29, 0.717) is 42.3 Å². The third-order valence-corrected chi connectivity index (χ3v) is 6.58. The lowest BCUT2D eigenvalue weighted by Crippen LogP contribution is -2.34. The fourth-order valence-corrected chi connectivity index (χ4v) is 4.76. The highest BCUT2D eigenvalue weighted by molar-refractivity contribution is 7.85. The topological polar surface area (TPSA) is 91.4 Å². The number of methoxy groups -OCH3 is 3. The summed E-state index contributed by atoms with van der Waals surface area (Å²) in [5.41, 5.74) is 1.29. The van der Waals surface area contributed by atoms with Gasteiger partial charge in [-0.25, -0.2) is 0 Å². The first kappa shape index (κ1) is 24.9. The van der Waals surface area contributed by atoms with Crippen molar-refractivity contribution in [3.63, 3.8) is 0 Å². The van der Waals surface area contributed by atoms with E-state index in [0.717, 1.165) is 24.7 Å². The molecule has 33 heavy (non-hydrogen) atoms. The highest BCUT2D eigenvalue weighted by atomic mass is 32.2. The number of hydrogen-bond donors (Lipinski definition) is 0. The summed E-state index contributed by atoms with van der Waals surface area (Å²) in [6.45, 7) is 1.13. The van der Waals surface area contributed by atoms with Crippen LogP contribution in [-0.2, 0) is 20.7 Å². The van der Waals surface area contributed by atoms with Crippen LogP contribution < -0.4 is 14.2 Å². The van der Waals surface area contributed by atoms with E-state index in [9.17, 15) is 13.2 Å². The molecule has 2 aromatic rings. The van der Waals surface area contributed by atoms with E-state index >= 15 is 0 Å². The molecule has 8 nitrogen and oxygen atoms in total. The van der Waals surface area contributed by atoms with Gasteiger partial charge in [-0.2, -0.15) is 8.42 Å². The van der Waals surface area contributed by atoms with Crippen LogP contribution in [0.5, 0.6) is 17.2 Å². The molecule has 0 bridgehead atoms. The maximum atomic E-state index is 13.4. The number of benzene rings is 2. The molecule has 1 aliphatic rings. The first-order valence-corrected chi connectivity index (χ1v) is 12.5. The largest absolute Gasteiger partial charge is 0.493 e. The molecular formula is C24H31NO7S. The van der Waals surface area contributed by atoms with Gasteiger partial charge in [-0.3, -0.25) is 8.98 Å². The van der Waals surface area contributed by atoms with Crippen LogP contribution in [0.25, 0.3) is 0 Å². The Labute approximate surface area is 195 Å². The summed E-state index contributed by atoms with van der Waals surface area (Å²) < 4.78 is 44.1. The van der Waals surface area contributed by atoms with Crippen LogP contribution in [0.1, 0.15) is 28.8 Å². The van der Waals surface area contributed by atoms with Gasteiger partial charge in [0.15, 0.2) is 11.5 Å². The van der Waals surface area contributed by atoms with Gasteiger partial charge in [0.05, 0.1) is 34.2 Å². The summed E-state index contributed by atoms with van der Waals surface area (Å²) in [7, 11) is 0.998. The molecule has 1 atom stereocenters. The average molecular weight is 478 g/mol. The summed E-state index contributed by atoms with van der Waals surface area (Å²) in [6, 6.07) is 13.3. The van der Waals surface area contributed by atoms with Crippen LogP contribution in [0.4, 0.5) is 0 Å². The van der Waals surface area contributed by atoms with Gasteiger partial charge in [0.1, 0.15) is 0 Å². The third-order valence-electron chi connectivity index (χ3n) is 5.99. The molecule has 0 radical (unpaired) electrons. The number of hydrogen-bond acceptors (Lipinski definition) is 7. The van der Waals surface area contributed by atoms with Gasteiger partial charge < -0.3 is 19.1 Å². The van der Waals surface area contributed by atoms with Crippen LogP contribution in [-0.4, -0.2) is 66.5 Å². The first-order valence-electron chi connectivity index (χ1n) is 10.7. The van der Waals surface area contributed by atoms with E-state index in [4.69, 9.17) is 18.4 Å². The lowest BCUT2D eigenvalue weighted by Gasteiger charge is -2.29. The minimum Gasteiger partial charge on any atom is -0.493 e. The highest BCUT2D eigenvalue weighted by Crippen LogP contribution is 2.41. The highest BCUT2D eigenvalue weighted by Gasteiger charge is 2.40. The Morgan fingerprint density at radius 3 is 2.21 bits per heavy atom. The molecule has 0 saturated carbocycles. The SMILES string of the molecule is COc1cc(C(=O)N2CCC(CCOS(C)(=O)=O)(Cc3ccccc3)C2)cc(OC)c1OC. The van der Waals surface area contributed by atoms with Gasteiger partial charge in [-0.1, -0.05) is 30.3 Å². The summed E-state index contributed by atoms with van der Waals surface area (Å²) in [4.78, 5) is 15.2. The summed E-state index contributed by atoms with van der Waals surface area (Å²) in [5.74, 6) is 1.11. The maximum absolute atomic E-state index is 13.4. The summed E-state index contributed by atoms with van der Waals surface area (Å²) in [5, 5.41) is 0. The zero-order valence-electron chi connectivity index (χ0n) is 19.5. The molecule has 180 valence electrons. The molecule has 0 spiro atoms. The van der Waals surface area contributed by atoms with Crippen molar-refractivity contribution in [1.82, 2.24) is 4.90 Å². The van der Waals surface area contributed by atoms with E-state index in [1.165, 1.54) is 21.3 Å². The van der Waals surface area contributed by atoms with Crippen molar-refractivity contribution >= 4 is 16.0 Å². The Kier molecular flexibility index (Phi) is 7.86. The predicted octanol–water partition coefficient (Wildman–Crippen LogP) is 3.15. The van der Waals surface area contributed by atoms with Crippen LogP contribution in [0.15, 0.2) is 42.5 Å². The van der Waals surface area contributed by atoms with Crippen molar-refractivity contribution < 1.29 is 31.6 Å². The maximum Gasteiger partial charge on any atom is 0.264 e. The van der Waals surface area contributed by atoms with Gasteiger partial charge in [-0.15, -0.1) is 0 Å². The Morgan fingerprint density at radius 2 is 1.67 bits per heavy atom. The van der Waals surface area contributed by atoms with Gasteiger partial charge in [0.2, 0.25) is 5.75 Å². The summed E-state index contributed by atoms with van der Waals surface area (Å²) >= 11 is 0. The molecule has 0 aromatic heterocycles.